The van der Waals surface area contributed by atoms with E-state index >= 15 is 0 Å². The van der Waals surface area contributed by atoms with Crippen LogP contribution in [0.4, 0.5) is 0 Å². The van der Waals surface area contributed by atoms with Crippen molar-refractivity contribution in [1.82, 2.24) is 0 Å². The largest absolute Gasteiger partial charge is 0.397 e. The molecule has 53 heavy (non-hydrogen) atoms. The van der Waals surface area contributed by atoms with Gasteiger partial charge in [-0.05, 0) is 28.3 Å². The van der Waals surface area contributed by atoms with Crippen molar-refractivity contribution < 1.29 is 9.53 Å². The van der Waals surface area contributed by atoms with Gasteiger partial charge in [-0.3, -0.25) is 0 Å². The third-order valence-electron chi connectivity index (χ3n) is 10.6. The number of hydrogen-bond acceptors (Lipinski definition) is 2. The fourth-order valence-electron chi connectivity index (χ4n) is 7.51. The van der Waals surface area contributed by atoms with E-state index in [4.69, 9.17) is 17.6 Å². The van der Waals surface area contributed by atoms with Gasteiger partial charge >= 0.3 is 0 Å². The van der Waals surface area contributed by atoms with E-state index in [1.54, 1.807) is 0 Å². The average molecular weight is 745 g/mol. The van der Waals surface area contributed by atoms with Gasteiger partial charge in [0.05, 0.1) is 0 Å². The summed E-state index contributed by atoms with van der Waals surface area (Å²) in [6, 6.07) is 21.6. The van der Waals surface area contributed by atoms with Crippen LogP contribution in [0.2, 0.25) is 5.04 Å². The minimum Gasteiger partial charge on any atom is -0.397 e. The molecule has 0 aliphatic carbocycles. The van der Waals surface area contributed by atoms with E-state index in [0.717, 1.165) is 25.7 Å². The Labute approximate surface area is 329 Å². The Morgan fingerprint density at radius 3 is 1.21 bits per heavy atom. The van der Waals surface area contributed by atoms with Crippen LogP contribution in [0.3, 0.4) is 0 Å². The highest BCUT2D eigenvalue weighted by Crippen LogP contribution is 2.38. The van der Waals surface area contributed by atoms with E-state index in [1.807, 2.05) is 0 Å². The van der Waals surface area contributed by atoms with E-state index in [-0.39, 0.29) is 23.8 Å². The number of rotatable bonds is 30. The maximum Gasteiger partial charge on any atom is 0.261 e. The normalized spacial score (nSPS) is 12.7. The van der Waals surface area contributed by atoms with Gasteiger partial charge in [0.15, 0.2) is 0 Å². The van der Waals surface area contributed by atoms with Crippen LogP contribution in [0, 0.1) is 13.1 Å². The van der Waals surface area contributed by atoms with E-state index < -0.39 is 8.32 Å². The van der Waals surface area contributed by atoms with E-state index in [1.165, 1.54) is 139 Å². The molecule has 4 nitrogen and oxygen atoms in total. The zero-order chi connectivity index (χ0) is 38.9. The molecular formula is C48H80N2O2Si. The topological polar surface area (TPSA) is 38.2 Å². The zero-order valence-corrected chi connectivity index (χ0v) is 36.1. The van der Waals surface area contributed by atoms with Gasteiger partial charge in [-0.2, -0.15) is 0 Å². The Bertz CT molecular complexity index is 1140. The molecule has 0 aromatic heterocycles. The second-order valence-corrected chi connectivity index (χ2v) is 20.6. The van der Waals surface area contributed by atoms with Gasteiger partial charge in [-0.1, -0.05) is 237 Å². The lowest BCUT2D eigenvalue weighted by atomic mass is 10.0. The second kappa shape index (κ2) is 31.9. The average Bonchev–Trinajstić information content (AvgIpc) is 3.15. The minimum absolute atomic E-state index is 0.0163. The van der Waals surface area contributed by atoms with Crippen molar-refractivity contribution in [3.05, 3.63) is 83.5 Å². The first-order valence-electron chi connectivity index (χ1n) is 21.9. The smallest absolute Gasteiger partial charge is 0.261 e. The molecule has 0 bridgehead atoms. The van der Waals surface area contributed by atoms with Crippen molar-refractivity contribution in [2.75, 3.05) is 13.1 Å². The second-order valence-electron chi connectivity index (χ2n) is 16.4. The van der Waals surface area contributed by atoms with Gasteiger partial charge in [0.2, 0.25) is 13.1 Å². The summed E-state index contributed by atoms with van der Waals surface area (Å²) in [6.07, 6.45) is 30.8. The Morgan fingerprint density at radius 1 is 0.528 bits per heavy atom. The van der Waals surface area contributed by atoms with Gasteiger partial charge in [0.25, 0.3) is 8.32 Å². The number of hydrogen-bond donors (Lipinski definition) is 1. The molecule has 2 aromatic carbocycles. The van der Waals surface area contributed by atoms with Crippen LogP contribution < -0.4 is 10.4 Å². The van der Waals surface area contributed by atoms with Crippen molar-refractivity contribution in [3.8, 4) is 0 Å². The highest BCUT2D eigenvalue weighted by molar-refractivity contribution is 6.99. The molecule has 0 spiro atoms. The highest BCUT2D eigenvalue weighted by atomic mass is 28.4. The molecule has 0 aliphatic heterocycles. The molecule has 298 valence electrons. The van der Waals surface area contributed by atoms with Crippen molar-refractivity contribution in [2.24, 2.45) is 0 Å². The van der Waals surface area contributed by atoms with Gasteiger partial charge in [-0.15, -0.1) is 0 Å². The van der Waals surface area contributed by atoms with Crippen LogP contribution in [0.25, 0.3) is 9.69 Å². The predicted molar refractivity (Wildman–Crippen MR) is 234 cm³/mol. The third-order valence-corrected chi connectivity index (χ3v) is 15.7. The first-order valence-corrected chi connectivity index (χ1v) is 23.8. The molecule has 0 aliphatic rings. The lowest BCUT2D eigenvalue weighted by Crippen LogP contribution is -2.67. The first-order chi connectivity index (χ1) is 25.8. The molecule has 2 atom stereocenters. The standard InChI is InChI=1S/C32H49NOSi.C16H31NO/c1-6-7-8-9-10-11-12-13-14-15-18-23-29(28-33-5)34-35(32(2,3)4,30-24-19-16-20-25-30)31-26-21-17-22-27-31;1-3-4-5-6-7-8-9-10-11-12-13-14-16(18)15-17-2/h16-17,19-22,24-27,29H,6-15,18,23,28H2,1-4H3;16,18H,3-15H2,1H3. The summed E-state index contributed by atoms with van der Waals surface area (Å²) in [5.74, 6) is 0. The molecule has 0 fully saturated rings. The lowest BCUT2D eigenvalue weighted by Gasteiger charge is -2.44. The highest BCUT2D eigenvalue weighted by Gasteiger charge is 2.51. The number of benzene rings is 2. The summed E-state index contributed by atoms with van der Waals surface area (Å²) in [4.78, 5) is 7.01. The van der Waals surface area contributed by atoms with Gasteiger partial charge < -0.3 is 19.2 Å². The molecule has 0 saturated carbocycles. The fraction of sp³-hybridized carbons (Fsp3) is 0.708. The predicted octanol–water partition coefficient (Wildman–Crippen LogP) is 13.5. The molecule has 0 radical (unpaired) electrons. The van der Waals surface area contributed by atoms with Crippen molar-refractivity contribution >= 4 is 18.7 Å². The quantitative estimate of drug-likeness (QED) is 0.0491. The van der Waals surface area contributed by atoms with E-state index in [0.29, 0.717) is 6.54 Å². The third kappa shape index (κ3) is 21.9. The molecule has 2 unspecified atom stereocenters. The number of unbranched alkanes of at least 4 members (excludes halogenated alkanes) is 20. The zero-order valence-electron chi connectivity index (χ0n) is 35.1. The van der Waals surface area contributed by atoms with Gasteiger partial charge in [-0.25, -0.2) is 13.1 Å². The van der Waals surface area contributed by atoms with Crippen molar-refractivity contribution in [3.63, 3.8) is 0 Å². The fourth-order valence-corrected chi connectivity index (χ4v) is 12.2. The van der Waals surface area contributed by atoms with E-state index in [2.05, 4.69) is 105 Å². The minimum atomic E-state index is -2.59. The molecule has 1 N–H and O–H groups in total. The maximum absolute atomic E-state index is 9.38. The first kappa shape index (κ1) is 48.6. The SMILES string of the molecule is [C-]#[N+]CC(CCCCCCCCCCCCC)O[Si](c1ccccc1)(c1ccccc1)C(C)(C)C.[C-]#[N+]CC(O)CCCCCCCCCCCCC. The summed E-state index contributed by atoms with van der Waals surface area (Å²) in [7, 11) is -2.59. The number of aliphatic hydroxyl groups excluding tert-OH is 1. The van der Waals surface area contributed by atoms with Crippen LogP contribution in [0.1, 0.15) is 189 Å². The van der Waals surface area contributed by atoms with Gasteiger partial charge in [0.1, 0.15) is 12.2 Å². The number of aliphatic hydroxyl groups is 1. The molecule has 2 aromatic rings. The molecule has 0 amide bonds. The van der Waals surface area contributed by atoms with Crippen LogP contribution in [0.15, 0.2) is 60.7 Å². The monoisotopic (exact) mass is 745 g/mol. The van der Waals surface area contributed by atoms with Crippen LogP contribution >= 0.6 is 0 Å². The Morgan fingerprint density at radius 2 is 0.868 bits per heavy atom. The summed E-state index contributed by atoms with van der Waals surface area (Å²) in [6.45, 7) is 26.5. The van der Waals surface area contributed by atoms with Crippen LogP contribution in [-0.2, 0) is 4.43 Å². The Kier molecular flexibility index (Phi) is 29.2. The van der Waals surface area contributed by atoms with E-state index in [9.17, 15) is 5.11 Å². The Balaban J connectivity index is 0.000000659. The van der Waals surface area contributed by atoms with Crippen molar-refractivity contribution in [2.45, 2.75) is 206 Å². The maximum atomic E-state index is 9.38. The molecule has 2 rings (SSSR count). The number of nitrogens with zero attached hydrogens (tertiary/aromatic N) is 2. The van der Waals surface area contributed by atoms with Crippen molar-refractivity contribution in [1.29, 1.82) is 0 Å². The Hall–Kier alpha value is -2.44. The van der Waals surface area contributed by atoms with Gasteiger partial charge in [0, 0.05) is 0 Å². The molecule has 0 heterocycles. The molecular weight excluding hydrogens is 665 g/mol. The molecule has 5 heteroatoms. The summed E-state index contributed by atoms with van der Waals surface area (Å²) >= 11 is 0. The summed E-state index contributed by atoms with van der Waals surface area (Å²) in [5.41, 5.74) is 0. The molecule has 0 saturated heterocycles. The van der Waals surface area contributed by atoms with Crippen LogP contribution in [0.5, 0.6) is 0 Å². The lowest BCUT2D eigenvalue weighted by molar-refractivity contribution is 0.176. The van der Waals surface area contributed by atoms with Crippen LogP contribution in [-0.4, -0.2) is 38.7 Å². The summed E-state index contributed by atoms with van der Waals surface area (Å²) < 4.78 is 7.23. The summed E-state index contributed by atoms with van der Waals surface area (Å²) in [5, 5.41) is 11.9.